The quantitative estimate of drug-likeness (QED) is 0.156. The summed E-state index contributed by atoms with van der Waals surface area (Å²) >= 11 is 0. The Kier molecular flexibility index (Phi) is 10.1. The zero-order valence-corrected chi connectivity index (χ0v) is 34.3. The number of aromatic amines is 1. The summed E-state index contributed by atoms with van der Waals surface area (Å²) in [6.45, 7) is 10.1. The molecule has 10 atom stereocenters. The molecule has 55 heavy (non-hydrogen) atoms. The zero-order valence-electron chi connectivity index (χ0n) is 33.4. The number of anilines is 1. The van der Waals surface area contributed by atoms with E-state index in [1.165, 1.54) is 44.9 Å². The van der Waals surface area contributed by atoms with Gasteiger partial charge in [0.05, 0.1) is 51.6 Å². The Hall–Kier alpha value is -2.60. The van der Waals surface area contributed by atoms with E-state index in [0.717, 1.165) is 110 Å². The molecule has 0 amide bonds. The van der Waals surface area contributed by atoms with Gasteiger partial charge in [-0.1, -0.05) is 26.7 Å². The van der Waals surface area contributed by atoms with Gasteiger partial charge < -0.3 is 24.5 Å². The van der Waals surface area contributed by atoms with E-state index in [0.29, 0.717) is 47.6 Å². The number of aromatic nitrogens is 4. The van der Waals surface area contributed by atoms with Crippen molar-refractivity contribution in [2.75, 3.05) is 37.0 Å². The van der Waals surface area contributed by atoms with Crippen molar-refractivity contribution in [2.24, 2.45) is 34.5 Å². The number of hydrogen-bond acceptors (Lipinski definition) is 9. The van der Waals surface area contributed by atoms with E-state index in [2.05, 4.69) is 35.6 Å². The number of unbranched alkanes of at least 4 members (excludes halogenated alkanes) is 3. The highest BCUT2D eigenvalue weighted by Gasteiger charge is 2.60. The Morgan fingerprint density at radius 3 is 2.65 bits per heavy atom. The molecule has 4 heterocycles. The van der Waals surface area contributed by atoms with Crippen LogP contribution in [0.4, 0.5) is 5.82 Å². The molecule has 3 N–H and O–H groups in total. The number of hydrogen-bond donors (Lipinski definition) is 3. The van der Waals surface area contributed by atoms with Crippen LogP contribution in [0.3, 0.4) is 0 Å². The molecule has 6 aliphatic rings. The summed E-state index contributed by atoms with van der Waals surface area (Å²) in [4.78, 5) is 20.1. The minimum absolute atomic E-state index is 0.0785. The molecule has 5 aliphatic carbocycles. The largest absolute Gasteiger partial charge is 0.393 e. The molecule has 10 nitrogen and oxygen atoms in total. The maximum absolute atomic E-state index is 14.4. The van der Waals surface area contributed by atoms with Gasteiger partial charge in [-0.3, -0.25) is 4.78 Å². The van der Waals surface area contributed by atoms with Gasteiger partial charge in [-0.15, -0.1) is 0 Å². The van der Waals surface area contributed by atoms with Gasteiger partial charge in [0, 0.05) is 48.3 Å². The first-order valence-electron chi connectivity index (χ1n) is 21.7. The second-order valence-corrected chi connectivity index (χ2v) is 21.5. The highest BCUT2D eigenvalue weighted by Crippen LogP contribution is 2.66. The van der Waals surface area contributed by atoms with Crippen LogP contribution >= 0.6 is 0 Å². The lowest BCUT2D eigenvalue weighted by Gasteiger charge is -2.60. The molecule has 3 aromatic rings. The molecule has 3 aromatic heterocycles. The summed E-state index contributed by atoms with van der Waals surface area (Å²) in [5.74, 6) is 4.95. The lowest BCUT2D eigenvalue weighted by Crippen LogP contribution is -2.54. The molecule has 0 bridgehead atoms. The van der Waals surface area contributed by atoms with Crippen LogP contribution in [-0.4, -0.2) is 79.6 Å². The number of aliphatic hydroxyl groups is 1. The van der Waals surface area contributed by atoms with Crippen LogP contribution in [0.2, 0.25) is 0 Å². The fraction of sp³-hybridized carbons (Fsp3) is 0.750. The fourth-order valence-corrected chi connectivity index (χ4v) is 14.9. The van der Waals surface area contributed by atoms with Crippen LogP contribution in [0.1, 0.15) is 123 Å². The Morgan fingerprint density at radius 2 is 1.82 bits per heavy atom. The molecule has 0 aromatic carbocycles. The minimum atomic E-state index is -2.94. The minimum Gasteiger partial charge on any atom is -0.393 e. The smallest absolute Gasteiger partial charge is 0.162 e. The number of morpholine rings is 1. The molecule has 9 rings (SSSR count). The van der Waals surface area contributed by atoms with Crippen LogP contribution in [0.25, 0.3) is 22.4 Å². The van der Waals surface area contributed by atoms with Crippen molar-refractivity contribution in [2.45, 2.75) is 140 Å². The van der Waals surface area contributed by atoms with Gasteiger partial charge in [0.15, 0.2) is 5.82 Å². The zero-order chi connectivity index (χ0) is 38.0. The molecule has 1 aliphatic heterocycles. The number of nitrogens with one attached hydrogen (secondary N) is 2. The van der Waals surface area contributed by atoms with Crippen molar-refractivity contribution in [3.63, 3.8) is 0 Å². The molecular weight excluding hydrogens is 709 g/mol. The van der Waals surface area contributed by atoms with Crippen molar-refractivity contribution >= 4 is 26.6 Å². The van der Waals surface area contributed by atoms with Crippen LogP contribution in [0.15, 0.2) is 30.6 Å². The summed E-state index contributed by atoms with van der Waals surface area (Å²) in [6, 6.07) is 6.13. The number of aliphatic hydroxyl groups excluding tert-OH is 1. The van der Waals surface area contributed by atoms with Crippen molar-refractivity contribution < 1.29 is 18.8 Å². The van der Waals surface area contributed by atoms with E-state index in [4.69, 9.17) is 19.4 Å². The SMILES string of the molecule is C[C@@H]1COCCN1c1cc(C2(S(=N)(=O)CCCCCCO[C@H]3CC[C@H]4[C@@H]5CC[C@H]6CC(O)CC[C@]6(C)[C@H]5CC[C@]34C)CC2)nc(-c2ccnc3[nH]ccc23)n1. The Labute approximate surface area is 328 Å². The third-order valence-electron chi connectivity index (χ3n) is 16.1. The van der Waals surface area contributed by atoms with E-state index in [9.17, 15) is 14.1 Å². The lowest BCUT2D eigenvalue weighted by molar-refractivity contribution is -0.141. The summed E-state index contributed by atoms with van der Waals surface area (Å²) in [5, 5.41) is 11.4. The third kappa shape index (κ3) is 6.64. The fourth-order valence-electron chi connectivity index (χ4n) is 12.7. The van der Waals surface area contributed by atoms with Gasteiger partial charge in [0.2, 0.25) is 0 Å². The van der Waals surface area contributed by atoms with Crippen molar-refractivity contribution in [3.8, 4) is 11.4 Å². The molecule has 0 spiro atoms. The second-order valence-electron chi connectivity index (χ2n) is 19.0. The van der Waals surface area contributed by atoms with E-state index in [1.807, 2.05) is 24.4 Å². The second kappa shape index (κ2) is 14.7. The molecule has 0 radical (unpaired) electrons. The van der Waals surface area contributed by atoms with Crippen LogP contribution < -0.4 is 4.90 Å². The van der Waals surface area contributed by atoms with Gasteiger partial charge >= 0.3 is 0 Å². The highest BCUT2D eigenvalue weighted by atomic mass is 32.2. The van der Waals surface area contributed by atoms with E-state index < -0.39 is 14.5 Å². The monoisotopic (exact) mass is 772 g/mol. The van der Waals surface area contributed by atoms with Gasteiger partial charge in [-0.05, 0) is 137 Å². The van der Waals surface area contributed by atoms with Crippen LogP contribution in [0.5, 0.6) is 0 Å². The van der Waals surface area contributed by atoms with E-state index in [1.54, 1.807) is 6.20 Å². The van der Waals surface area contributed by atoms with E-state index >= 15 is 0 Å². The standard InChI is InChI=1S/C44H64N6O4S/c1-29-28-53-24-22-50(29)39-27-37(48-41(49-39)33-15-21-47-40-32(33)14-20-46-40)44(18-19-44)55(45,52)25-7-5-4-6-23-54-38-11-10-35-34-9-8-30-26-31(51)12-16-42(30,2)36(34)13-17-43(35,38)3/h14-15,20-21,27,29-31,34-36,38,45,51H,4-13,16-19,22-26,28H2,1-3H3,(H,46,47)/t29-,30+,31?,34+,35+,36+,38+,42+,43+,55?/m1/s1. The summed E-state index contributed by atoms with van der Waals surface area (Å²) in [7, 11) is -2.94. The van der Waals surface area contributed by atoms with Gasteiger partial charge in [-0.2, -0.15) is 0 Å². The summed E-state index contributed by atoms with van der Waals surface area (Å²) < 4.78 is 35.5. The first-order chi connectivity index (χ1) is 26.5. The first-order valence-corrected chi connectivity index (χ1v) is 23.5. The van der Waals surface area contributed by atoms with Gasteiger partial charge in [0.25, 0.3) is 0 Å². The predicted molar refractivity (Wildman–Crippen MR) is 217 cm³/mol. The summed E-state index contributed by atoms with van der Waals surface area (Å²) in [6.07, 6.45) is 20.2. The normalized spacial score (nSPS) is 36.5. The average molecular weight is 773 g/mol. The molecule has 11 heteroatoms. The molecular formula is C44H64N6O4S. The molecule has 6 fully saturated rings. The van der Waals surface area contributed by atoms with Crippen molar-refractivity contribution in [1.29, 1.82) is 4.78 Å². The van der Waals surface area contributed by atoms with Crippen molar-refractivity contribution in [1.82, 2.24) is 19.9 Å². The van der Waals surface area contributed by atoms with E-state index in [-0.39, 0.29) is 12.1 Å². The first kappa shape index (κ1) is 37.9. The average Bonchev–Trinajstić information content (AvgIpc) is 3.75. The number of nitrogens with zero attached hydrogens (tertiary/aromatic N) is 4. The molecule has 2 unspecified atom stereocenters. The Morgan fingerprint density at radius 1 is 1.00 bits per heavy atom. The number of ether oxygens (including phenoxy) is 2. The summed E-state index contributed by atoms with van der Waals surface area (Å²) in [5.41, 5.74) is 3.13. The lowest BCUT2D eigenvalue weighted by atomic mass is 9.45. The Bertz CT molecular complexity index is 1970. The molecule has 1 saturated heterocycles. The third-order valence-corrected chi connectivity index (χ3v) is 18.8. The van der Waals surface area contributed by atoms with Crippen molar-refractivity contribution in [3.05, 3.63) is 36.3 Å². The number of rotatable bonds is 12. The highest BCUT2D eigenvalue weighted by molar-refractivity contribution is 7.93. The Balaban J connectivity index is 0.805. The maximum Gasteiger partial charge on any atom is 0.162 e. The number of fused-ring (bicyclic) bond motifs is 6. The number of pyridine rings is 1. The molecule has 5 saturated carbocycles. The van der Waals surface area contributed by atoms with Gasteiger partial charge in [-0.25, -0.2) is 19.2 Å². The molecule has 300 valence electrons. The number of H-pyrrole nitrogens is 1. The van der Waals surface area contributed by atoms with Gasteiger partial charge in [0.1, 0.15) is 11.5 Å². The van der Waals surface area contributed by atoms with Crippen LogP contribution in [-0.2, 0) is 23.9 Å². The maximum atomic E-state index is 14.4. The topological polar surface area (TPSA) is 137 Å². The predicted octanol–water partition coefficient (Wildman–Crippen LogP) is 8.63. The van der Waals surface area contributed by atoms with Crippen LogP contribution in [0, 0.1) is 39.3 Å².